The van der Waals surface area contributed by atoms with Crippen molar-refractivity contribution >= 4 is 66.6 Å². The molecule has 0 spiro atoms. The Hall–Kier alpha value is -3.66. The van der Waals surface area contributed by atoms with Crippen molar-refractivity contribution in [2.75, 3.05) is 50.7 Å². The van der Waals surface area contributed by atoms with Crippen LogP contribution in [0.4, 0.5) is 21.2 Å². The zero-order valence-electron chi connectivity index (χ0n) is 30.6. The summed E-state index contributed by atoms with van der Waals surface area (Å²) >= 11 is 7.10. The minimum atomic E-state index is -0.175. The second kappa shape index (κ2) is 14.3. The third-order valence-corrected chi connectivity index (χ3v) is 13.5. The number of fused-ring (bicyclic) bond motifs is 4. The first-order chi connectivity index (χ1) is 25.0. The summed E-state index contributed by atoms with van der Waals surface area (Å²) in [5, 5.41) is 0. The first kappa shape index (κ1) is 36.7. The predicted molar refractivity (Wildman–Crippen MR) is 208 cm³/mol. The number of carbonyl (C=O) groups is 2. The number of aromatic nitrogens is 6. The van der Waals surface area contributed by atoms with Crippen LogP contribution >= 0.6 is 31.9 Å². The molecule has 0 aliphatic carbocycles. The molecule has 4 aromatic rings. The molecule has 0 bridgehead atoms. The van der Waals surface area contributed by atoms with Gasteiger partial charge in [0.2, 0.25) is 0 Å². The van der Waals surface area contributed by atoms with E-state index in [0.717, 1.165) is 100 Å². The lowest BCUT2D eigenvalue weighted by Gasteiger charge is -2.50. The van der Waals surface area contributed by atoms with Crippen molar-refractivity contribution < 1.29 is 9.59 Å². The minimum Gasteiger partial charge on any atom is -0.382 e. The molecule has 4 saturated heterocycles. The Kier molecular flexibility index (Phi) is 10.1. The summed E-state index contributed by atoms with van der Waals surface area (Å²) in [5.41, 5.74) is 13.4. The smallest absolute Gasteiger partial charge is 0.320 e. The molecule has 8 heterocycles. The monoisotopic (exact) mass is 840 g/mol. The van der Waals surface area contributed by atoms with Crippen LogP contribution in [-0.2, 0) is 10.8 Å². The van der Waals surface area contributed by atoms with Crippen LogP contribution in [-0.4, -0.2) is 112 Å². The Balaban J connectivity index is 0.000000162. The van der Waals surface area contributed by atoms with E-state index in [4.69, 9.17) is 21.4 Å². The summed E-state index contributed by atoms with van der Waals surface area (Å²) in [4.78, 5) is 52.0. The van der Waals surface area contributed by atoms with E-state index in [9.17, 15) is 9.59 Å². The largest absolute Gasteiger partial charge is 0.382 e. The van der Waals surface area contributed by atoms with Crippen LogP contribution in [0.2, 0.25) is 0 Å². The van der Waals surface area contributed by atoms with Gasteiger partial charge in [-0.15, -0.1) is 0 Å². The SMILES string of the molecule is CCN1CC[C@@H]2CC[C@](CC)(c3nc(Br)c4c(N)nccn34)CN2C1=O.CCN1CC[C@H]2CC[C@@](CC)(c3nc(Br)c4c(N)nccn34)CN2C1=O. The Labute approximate surface area is 321 Å². The number of carbonyl (C=O) groups excluding carboxylic acids is 2. The highest BCUT2D eigenvalue weighted by atomic mass is 79.9. The van der Waals surface area contributed by atoms with Crippen molar-refractivity contribution in [1.29, 1.82) is 0 Å². The van der Waals surface area contributed by atoms with Crippen molar-refractivity contribution in [1.82, 2.24) is 48.3 Å². The molecular weight excluding hydrogens is 792 g/mol. The normalized spacial score (nSPS) is 26.4. The summed E-state index contributed by atoms with van der Waals surface area (Å²) in [6, 6.07) is 1.04. The molecule has 14 nitrogen and oxygen atoms in total. The highest BCUT2D eigenvalue weighted by Crippen LogP contribution is 2.44. The number of nitrogens with two attached hydrogens (primary N) is 2. The van der Waals surface area contributed by atoms with Gasteiger partial charge in [0.1, 0.15) is 31.9 Å². The minimum absolute atomic E-state index is 0.169. The summed E-state index contributed by atoms with van der Waals surface area (Å²) in [6.07, 6.45) is 15.3. The van der Waals surface area contributed by atoms with Gasteiger partial charge in [0, 0.05) is 87.0 Å². The second-order valence-corrected chi connectivity index (χ2v) is 16.2. The van der Waals surface area contributed by atoms with E-state index in [1.54, 1.807) is 12.4 Å². The van der Waals surface area contributed by atoms with Gasteiger partial charge in [-0.3, -0.25) is 8.80 Å². The third kappa shape index (κ3) is 5.97. The first-order valence-electron chi connectivity index (χ1n) is 18.7. The molecule has 4 amide bonds. The molecule has 0 saturated carbocycles. The lowest BCUT2D eigenvalue weighted by atomic mass is 9.74. The number of halogens is 2. The fourth-order valence-electron chi connectivity index (χ4n) is 9.11. The third-order valence-electron chi connectivity index (χ3n) is 12.4. The van der Waals surface area contributed by atoms with E-state index in [1.165, 1.54) is 0 Å². The molecule has 0 aromatic carbocycles. The molecule has 8 rings (SSSR count). The molecule has 0 unspecified atom stereocenters. The summed E-state index contributed by atoms with van der Waals surface area (Å²) < 4.78 is 5.52. The maximum Gasteiger partial charge on any atom is 0.320 e. The van der Waals surface area contributed by atoms with Gasteiger partial charge in [-0.05, 0) is 97.1 Å². The number of imidazole rings is 2. The number of amides is 4. The van der Waals surface area contributed by atoms with Gasteiger partial charge in [-0.25, -0.2) is 29.5 Å². The van der Waals surface area contributed by atoms with Crippen LogP contribution in [0.15, 0.2) is 34.0 Å². The Morgan fingerprint density at radius 2 is 1.10 bits per heavy atom. The number of nitrogens with zero attached hydrogens (tertiary/aromatic N) is 10. The molecule has 4 aromatic heterocycles. The van der Waals surface area contributed by atoms with Crippen LogP contribution < -0.4 is 11.5 Å². The topological polar surface area (TPSA) is 160 Å². The van der Waals surface area contributed by atoms with Gasteiger partial charge >= 0.3 is 12.1 Å². The summed E-state index contributed by atoms with van der Waals surface area (Å²) in [6.45, 7) is 13.1. The molecule has 4 N–H and O–H groups in total. The van der Waals surface area contributed by atoms with E-state index < -0.39 is 0 Å². The van der Waals surface area contributed by atoms with Crippen molar-refractivity contribution in [3.8, 4) is 0 Å². The van der Waals surface area contributed by atoms with Crippen LogP contribution in [0.25, 0.3) is 11.0 Å². The van der Waals surface area contributed by atoms with Gasteiger partial charge < -0.3 is 31.1 Å². The molecule has 4 fully saturated rings. The van der Waals surface area contributed by atoms with E-state index in [2.05, 4.69) is 65.5 Å². The quantitative estimate of drug-likeness (QED) is 0.237. The van der Waals surface area contributed by atoms with Gasteiger partial charge in [-0.2, -0.15) is 0 Å². The van der Waals surface area contributed by atoms with Crippen molar-refractivity contribution in [2.45, 2.75) is 102 Å². The van der Waals surface area contributed by atoms with E-state index in [1.807, 2.05) is 44.8 Å². The lowest BCUT2D eigenvalue weighted by Crippen LogP contribution is -2.61. The van der Waals surface area contributed by atoms with Gasteiger partial charge in [0.05, 0.1) is 0 Å². The highest BCUT2D eigenvalue weighted by molar-refractivity contribution is 9.10. The number of nitrogen functional groups attached to an aromatic ring is 2. The van der Waals surface area contributed by atoms with Gasteiger partial charge in [-0.1, -0.05) is 13.8 Å². The number of rotatable bonds is 6. The molecule has 52 heavy (non-hydrogen) atoms. The molecule has 4 atom stereocenters. The van der Waals surface area contributed by atoms with Crippen molar-refractivity contribution in [2.24, 2.45) is 0 Å². The predicted octanol–water partition coefficient (Wildman–Crippen LogP) is 6.06. The lowest BCUT2D eigenvalue weighted by molar-refractivity contribution is 0.0476. The molecule has 16 heteroatoms. The molecule has 0 radical (unpaired) electrons. The summed E-state index contributed by atoms with van der Waals surface area (Å²) in [7, 11) is 0. The Bertz CT molecular complexity index is 1840. The van der Waals surface area contributed by atoms with E-state index in [-0.39, 0.29) is 22.9 Å². The molecule has 280 valence electrons. The number of hydrogen-bond acceptors (Lipinski definition) is 8. The van der Waals surface area contributed by atoms with Gasteiger partial charge in [0.25, 0.3) is 0 Å². The van der Waals surface area contributed by atoms with Crippen LogP contribution in [0.5, 0.6) is 0 Å². The molecule has 4 aliphatic rings. The Morgan fingerprint density at radius 3 is 1.46 bits per heavy atom. The fourth-order valence-corrected chi connectivity index (χ4v) is 10.2. The van der Waals surface area contributed by atoms with Crippen LogP contribution in [0.3, 0.4) is 0 Å². The number of hydrogen-bond donors (Lipinski definition) is 2. The molecular formula is C36H50Br2N12O2. The number of piperidine rings is 2. The van der Waals surface area contributed by atoms with Crippen LogP contribution in [0, 0.1) is 0 Å². The van der Waals surface area contributed by atoms with Crippen molar-refractivity contribution in [3.05, 3.63) is 45.6 Å². The standard InChI is InChI=1S/2C18H25BrN6O/c2*1-3-18(16-22-14(19)13-15(20)21-8-10-24(13)16)7-5-12-6-9-23(4-2)17(26)25(12)11-18/h2*8,10,12H,3-7,9,11H2,1-2H3,(H2,20,21)/t2*12-,18-/m10/s1. The molecule has 4 aliphatic heterocycles. The number of urea groups is 2. The maximum atomic E-state index is 12.9. The summed E-state index contributed by atoms with van der Waals surface area (Å²) in [5.74, 6) is 2.86. The number of anilines is 2. The highest BCUT2D eigenvalue weighted by Gasteiger charge is 2.48. The first-order valence-corrected chi connectivity index (χ1v) is 20.3. The average molecular weight is 843 g/mol. The second-order valence-electron chi connectivity index (χ2n) is 14.7. The van der Waals surface area contributed by atoms with Crippen molar-refractivity contribution in [3.63, 3.8) is 0 Å². The average Bonchev–Trinajstić information content (AvgIpc) is 3.70. The van der Waals surface area contributed by atoms with E-state index >= 15 is 0 Å². The zero-order chi connectivity index (χ0) is 36.9. The Morgan fingerprint density at radius 1 is 0.692 bits per heavy atom. The fraction of sp³-hybridized carbons (Fsp3) is 0.611. The van der Waals surface area contributed by atoms with Crippen LogP contribution in [0.1, 0.15) is 90.7 Å². The maximum absolute atomic E-state index is 12.9. The zero-order valence-corrected chi connectivity index (χ0v) is 33.7. The van der Waals surface area contributed by atoms with E-state index in [0.29, 0.717) is 46.0 Å². The van der Waals surface area contributed by atoms with Gasteiger partial charge in [0.15, 0.2) is 11.6 Å².